The van der Waals surface area contributed by atoms with Gasteiger partial charge in [-0.15, -0.1) is 11.3 Å². The summed E-state index contributed by atoms with van der Waals surface area (Å²) in [6.07, 6.45) is 1.66. The van der Waals surface area contributed by atoms with Gasteiger partial charge in [0.2, 0.25) is 5.91 Å². The minimum atomic E-state index is -4.08. The molecule has 0 unspecified atom stereocenters. The van der Waals surface area contributed by atoms with Crippen molar-refractivity contribution in [2.75, 3.05) is 22.3 Å². The fraction of sp³-hybridized carbons (Fsp3) is 0.190. The van der Waals surface area contributed by atoms with E-state index in [1.165, 1.54) is 24.3 Å². The van der Waals surface area contributed by atoms with E-state index in [2.05, 4.69) is 0 Å². The zero-order valence-electron chi connectivity index (χ0n) is 15.5. The number of carbonyl (C=O) groups is 1. The van der Waals surface area contributed by atoms with Crippen molar-refractivity contribution in [1.29, 1.82) is 0 Å². The van der Waals surface area contributed by atoms with E-state index in [-0.39, 0.29) is 15.8 Å². The highest BCUT2D eigenvalue weighted by atomic mass is 32.2. The molecule has 1 aliphatic rings. The monoisotopic (exact) mass is 430 g/mol. The number of carbonyl (C=O) groups excluding carboxylic acids is 1. The molecule has 0 saturated carbocycles. The third-order valence-electron chi connectivity index (χ3n) is 4.85. The third-order valence-corrected chi connectivity index (χ3v) is 7.98. The van der Waals surface area contributed by atoms with Crippen molar-refractivity contribution < 1.29 is 17.6 Å². The zero-order chi connectivity index (χ0) is 20.4. The Hall–Kier alpha value is -2.71. The third kappa shape index (κ3) is 3.77. The normalized spacial score (nSPS) is 13.8. The molecule has 0 saturated heterocycles. The van der Waals surface area contributed by atoms with Crippen molar-refractivity contribution >= 4 is 38.6 Å². The number of rotatable bonds is 5. The maximum Gasteiger partial charge on any atom is 0.274 e. The van der Waals surface area contributed by atoms with Gasteiger partial charge in [-0.3, -0.25) is 9.10 Å². The van der Waals surface area contributed by atoms with E-state index >= 15 is 0 Å². The van der Waals surface area contributed by atoms with Crippen LogP contribution in [-0.2, 0) is 21.2 Å². The molecule has 1 aromatic heterocycles. The van der Waals surface area contributed by atoms with Crippen LogP contribution >= 0.6 is 11.3 Å². The van der Waals surface area contributed by atoms with Gasteiger partial charge in [-0.1, -0.05) is 36.4 Å². The van der Waals surface area contributed by atoms with Crippen LogP contribution in [0, 0.1) is 5.82 Å². The molecule has 5 nitrogen and oxygen atoms in total. The largest absolute Gasteiger partial charge is 0.311 e. The van der Waals surface area contributed by atoms with Gasteiger partial charge in [-0.25, -0.2) is 12.8 Å². The summed E-state index contributed by atoms with van der Waals surface area (Å²) in [5.41, 5.74) is 1.69. The highest BCUT2D eigenvalue weighted by Crippen LogP contribution is 2.31. The first kappa shape index (κ1) is 19.6. The Bertz CT molecular complexity index is 1130. The lowest BCUT2D eigenvalue weighted by atomic mass is 10.0. The van der Waals surface area contributed by atoms with Crippen LogP contribution in [0.5, 0.6) is 0 Å². The highest BCUT2D eigenvalue weighted by Gasteiger charge is 2.32. The lowest BCUT2D eigenvalue weighted by molar-refractivity contribution is -0.117. The molecule has 0 bridgehead atoms. The van der Waals surface area contributed by atoms with Gasteiger partial charge in [0.05, 0.1) is 5.69 Å². The number of para-hydroxylation sites is 2. The minimum Gasteiger partial charge on any atom is -0.311 e. The summed E-state index contributed by atoms with van der Waals surface area (Å²) in [5.74, 6) is -1.08. The first-order valence-corrected chi connectivity index (χ1v) is 11.5. The minimum absolute atomic E-state index is 0.0626. The second-order valence-corrected chi connectivity index (χ2v) is 9.71. The molecule has 0 N–H and O–H groups in total. The average molecular weight is 431 g/mol. The van der Waals surface area contributed by atoms with Crippen LogP contribution in [-0.4, -0.2) is 27.4 Å². The van der Waals surface area contributed by atoms with Gasteiger partial charge < -0.3 is 4.90 Å². The molecular weight excluding hydrogens is 411 g/mol. The number of hydrogen-bond acceptors (Lipinski definition) is 4. The van der Waals surface area contributed by atoms with Gasteiger partial charge in [0, 0.05) is 12.2 Å². The van der Waals surface area contributed by atoms with Crippen LogP contribution in [0.15, 0.2) is 70.3 Å². The number of aryl methyl sites for hydroxylation is 1. The Morgan fingerprint density at radius 3 is 2.59 bits per heavy atom. The number of hydrogen-bond donors (Lipinski definition) is 0. The number of anilines is 2. The van der Waals surface area contributed by atoms with E-state index in [0.29, 0.717) is 6.54 Å². The van der Waals surface area contributed by atoms with Crippen molar-refractivity contribution in [1.82, 2.24) is 0 Å². The predicted octanol–water partition coefficient (Wildman–Crippen LogP) is 4.06. The summed E-state index contributed by atoms with van der Waals surface area (Å²) < 4.78 is 41.9. The second-order valence-electron chi connectivity index (χ2n) is 6.67. The van der Waals surface area contributed by atoms with Gasteiger partial charge in [0.25, 0.3) is 10.0 Å². The Balaban J connectivity index is 1.72. The molecule has 0 atom stereocenters. The maximum absolute atomic E-state index is 14.5. The number of sulfonamides is 1. The first-order valence-electron chi connectivity index (χ1n) is 9.17. The van der Waals surface area contributed by atoms with Crippen LogP contribution in [0.2, 0.25) is 0 Å². The van der Waals surface area contributed by atoms with Crippen molar-refractivity contribution in [3.8, 4) is 0 Å². The van der Waals surface area contributed by atoms with Crippen molar-refractivity contribution in [3.05, 3.63) is 77.4 Å². The topological polar surface area (TPSA) is 57.7 Å². The first-order chi connectivity index (χ1) is 14.0. The molecule has 1 aliphatic heterocycles. The molecule has 0 radical (unpaired) electrons. The highest BCUT2D eigenvalue weighted by molar-refractivity contribution is 7.94. The molecule has 1 amide bonds. The second kappa shape index (κ2) is 7.96. The molecule has 0 spiro atoms. The Kier molecular flexibility index (Phi) is 5.38. The predicted molar refractivity (Wildman–Crippen MR) is 112 cm³/mol. The molecule has 2 heterocycles. The van der Waals surface area contributed by atoms with Crippen molar-refractivity contribution in [2.45, 2.75) is 17.1 Å². The fourth-order valence-electron chi connectivity index (χ4n) is 3.47. The Labute approximate surface area is 173 Å². The standard InChI is InChI=1S/C21H19FN2O3S2/c22-17-9-2-4-11-19(17)24(29(26,27)21-12-6-14-28-21)15-20(25)23-13-5-8-16-7-1-3-10-18(16)23/h1-4,6-7,9-12,14H,5,8,13,15H2. The maximum atomic E-state index is 14.5. The number of benzene rings is 2. The van der Waals surface area contributed by atoms with Crippen LogP contribution in [0.4, 0.5) is 15.8 Å². The summed E-state index contributed by atoms with van der Waals surface area (Å²) in [4.78, 5) is 14.8. The van der Waals surface area contributed by atoms with Gasteiger partial charge in [-0.05, 0) is 48.1 Å². The summed E-state index contributed by atoms with van der Waals surface area (Å²) in [6.45, 7) is 0.0233. The van der Waals surface area contributed by atoms with E-state index < -0.39 is 22.4 Å². The van der Waals surface area contributed by atoms with Crippen LogP contribution in [0.25, 0.3) is 0 Å². The molecule has 0 fully saturated rings. The molecule has 29 heavy (non-hydrogen) atoms. The van der Waals surface area contributed by atoms with Gasteiger partial charge >= 0.3 is 0 Å². The van der Waals surface area contributed by atoms with E-state index in [0.717, 1.165) is 39.7 Å². The molecule has 8 heteroatoms. The number of nitrogens with zero attached hydrogens (tertiary/aromatic N) is 2. The van der Waals surface area contributed by atoms with Gasteiger partial charge in [0.15, 0.2) is 0 Å². The number of fused-ring (bicyclic) bond motifs is 1. The molecule has 150 valence electrons. The molecule has 0 aliphatic carbocycles. The lowest BCUT2D eigenvalue weighted by Gasteiger charge is -2.32. The van der Waals surface area contributed by atoms with Crippen LogP contribution in [0.3, 0.4) is 0 Å². The summed E-state index contributed by atoms with van der Waals surface area (Å²) in [6, 6.07) is 16.2. The van der Waals surface area contributed by atoms with E-state index in [9.17, 15) is 17.6 Å². The SMILES string of the molecule is O=C(CN(c1ccccc1F)S(=O)(=O)c1cccs1)N1CCCc2ccccc21. The van der Waals surface area contributed by atoms with Crippen molar-refractivity contribution in [3.63, 3.8) is 0 Å². The number of amides is 1. The molecule has 4 rings (SSSR count). The summed E-state index contributed by atoms with van der Waals surface area (Å²) in [7, 11) is -4.08. The van der Waals surface area contributed by atoms with E-state index in [1.54, 1.807) is 22.4 Å². The van der Waals surface area contributed by atoms with Gasteiger partial charge in [-0.2, -0.15) is 0 Å². The molecule has 2 aromatic carbocycles. The summed E-state index contributed by atoms with van der Waals surface area (Å²) in [5, 5.41) is 1.63. The van der Waals surface area contributed by atoms with Crippen LogP contribution in [0.1, 0.15) is 12.0 Å². The summed E-state index contributed by atoms with van der Waals surface area (Å²) >= 11 is 1.03. The lowest BCUT2D eigenvalue weighted by Crippen LogP contribution is -2.45. The average Bonchev–Trinajstić information content (AvgIpc) is 3.28. The number of halogens is 1. The van der Waals surface area contributed by atoms with Crippen LogP contribution < -0.4 is 9.21 Å². The van der Waals surface area contributed by atoms with E-state index in [1.807, 2.05) is 24.3 Å². The Morgan fingerprint density at radius 1 is 1.07 bits per heavy atom. The fourth-order valence-corrected chi connectivity index (χ4v) is 6.00. The van der Waals surface area contributed by atoms with E-state index in [4.69, 9.17) is 0 Å². The zero-order valence-corrected chi connectivity index (χ0v) is 17.1. The van der Waals surface area contributed by atoms with Crippen molar-refractivity contribution in [2.24, 2.45) is 0 Å². The Morgan fingerprint density at radius 2 is 1.83 bits per heavy atom. The number of thiophene rings is 1. The molecular formula is C21H19FN2O3S2. The quantitative estimate of drug-likeness (QED) is 0.613. The smallest absolute Gasteiger partial charge is 0.274 e. The van der Waals surface area contributed by atoms with Gasteiger partial charge in [0.1, 0.15) is 16.6 Å². The molecule has 3 aromatic rings.